The van der Waals surface area contributed by atoms with Crippen LogP contribution in [-0.4, -0.2) is 8.67 Å². The summed E-state index contributed by atoms with van der Waals surface area (Å²) in [6.07, 6.45) is 5.66. The van der Waals surface area contributed by atoms with Crippen LogP contribution in [0.3, 0.4) is 0 Å². The van der Waals surface area contributed by atoms with E-state index in [-0.39, 0.29) is 21.7 Å². The molecule has 4 heteroatoms. The summed E-state index contributed by atoms with van der Waals surface area (Å²) in [6, 6.07) is 0. The number of hydrogen-bond donors (Lipinski definition) is 0. The first kappa shape index (κ1) is 15.7. The molecule has 0 saturated heterocycles. The van der Waals surface area contributed by atoms with Crippen LogP contribution in [0.2, 0.25) is 0 Å². The van der Waals surface area contributed by atoms with E-state index in [2.05, 4.69) is 27.7 Å². The maximum absolute atomic E-state index is 6.92. The molecule has 4 saturated carbocycles. The molecule has 1 spiro atoms. The first-order chi connectivity index (χ1) is 9.40. The van der Waals surface area contributed by atoms with E-state index < -0.39 is 8.67 Å². The van der Waals surface area contributed by atoms with Crippen molar-refractivity contribution in [3.8, 4) is 0 Å². The highest BCUT2D eigenvalue weighted by Crippen LogP contribution is 2.94. The Morgan fingerprint density at radius 2 is 1.38 bits per heavy atom. The van der Waals surface area contributed by atoms with Crippen molar-refractivity contribution in [2.24, 2.45) is 33.5 Å². The van der Waals surface area contributed by atoms with E-state index >= 15 is 0 Å². The summed E-state index contributed by atoms with van der Waals surface area (Å²) in [4.78, 5) is 0. The molecular formula is C17H24Cl4. The number of fused-ring (bicyclic) bond motifs is 2. The summed E-state index contributed by atoms with van der Waals surface area (Å²) in [5, 5.41) is 0. The Kier molecular flexibility index (Phi) is 2.77. The van der Waals surface area contributed by atoms with Gasteiger partial charge in [-0.15, -0.1) is 46.4 Å². The summed E-state index contributed by atoms with van der Waals surface area (Å²) in [5.74, 6) is 0.745. The van der Waals surface area contributed by atoms with Gasteiger partial charge < -0.3 is 0 Å². The average molecular weight is 370 g/mol. The van der Waals surface area contributed by atoms with Gasteiger partial charge in [0.1, 0.15) is 8.67 Å². The van der Waals surface area contributed by atoms with Crippen LogP contribution in [0.25, 0.3) is 0 Å². The summed E-state index contributed by atoms with van der Waals surface area (Å²) < 4.78 is -1.22. The van der Waals surface area contributed by atoms with E-state index in [0.29, 0.717) is 11.8 Å². The summed E-state index contributed by atoms with van der Waals surface area (Å²) in [5.41, 5.74) is 0.260. The molecule has 4 aliphatic carbocycles. The van der Waals surface area contributed by atoms with Crippen molar-refractivity contribution in [1.29, 1.82) is 0 Å². The largest absolute Gasteiger partial charge is 0.130 e. The quantitative estimate of drug-likeness (QED) is 0.422. The van der Waals surface area contributed by atoms with Crippen molar-refractivity contribution in [3.05, 3.63) is 0 Å². The van der Waals surface area contributed by atoms with Gasteiger partial charge in [0.05, 0.1) is 0 Å². The molecule has 0 aromatic heterocycles. The summed E-state index contributed by atoms with van der Waals surface area (Å²) in [6.45, 7) is 9.31. The molecule has 0 N–H and O–H groups in total. The second-order valence-electron chi connectivity index (χ2n) is 9.22. The van der Waals surface area contributed by atoms with Crippen molar-refractivity contribution in [2.45, 2.75) is 68.5 Å². The van der Waals surface area contributed by atoms with Crippen LogP contribution in [0.1, 0.15) is 59.8 Å². The lowest BCUT2D eigenvalue weighted by atomic mass is 9.59. The van der Waals surface area contributed by atoms with Gasteiger partial charge in [-0.3, -0.25) is 0 Å². The maximum Gasteiger partial charge on any atom is 0.130 e. The smallest absolute Gasteiger partial charge is 0.101 e. The SMILES string of the molecule is CC1(C)CCC[C@@]2(C)C(Cl)(Cl)[C@]23CC[C@]2(C)[C@H]([C@H]13)C2(Cl)Cl. The Morgan fingerprint density at radius 3 is 2.00 bits per heavy atom. The number of rotatable bonds is 0. The molecule has 21 heavy (non-hydrogen) atoms. The highest BCUT2D eigenvalue weighted by Gasteiger charge is 2.93. The van der Waals surface area contributed by atoms with Crippen molar-refractivity contribution in [1.82, 2.24) is 0 Å². The van der Waals surface area contributed by atoms with Crippen molar-refractivity contribution >= 4 is 46.4 Å². The molecule has 4 rings (SSSR count). The van der Waals surface area contributed by atoms with Gasteiger partial charge in [-0.05, 0) is 37.0 Å². The molecule has 0 aliphatic heterocycles. The van der Waals surface area contributed by atoms with Gasteiger partial charge in [0.15, 0.2) is 0 Å². The fourth-order valence-corrected chi connectivity index (χ4v) is 9.05. The van der Waals surface area contributed by atoms with E-state index in [9.17, 15) is 0 Å². The van der Waals surface area contributed by atoms with Gasteiger partial charge in [0, 0.05) is 22.2 Å². The Labute approximate surface area is 148 Å². The molecule has 0 bridgehead atoms. The molecular weight excluding hydrogens is 346 g/mol. The van der Waals surface area contributed by atoms with Crippen LogP contribution in [0.4, 0.5) is 0 Å². The van der Waals surface area contributed by atoms with Gasteiger partial charge in [-0.2, -0.15) is 0 Å². The second-order valence-corrected chi connectivity index (χ2v) is 11.9. The third-order valence-corrected chi connectivity index (χ3v) is 11.0. The highest BCUT2D eigenvalue weighted by molar-refractivity contribution is 6.53. The fraction of sp³-hybridized carbons (Fsp3) is 1.00. The first-order valence-corrected chi connectivity index (χ1v) is 9.67. The standard InChI is InChI=1S/C17H24Cl4/c1-12(2)6-5-7-14(4)15(17(14,20)21)9-8-13(3)11(10(12)15)16(13,18)19/h10-11H,5-9H2,1-4H3/t10-,11+,13-,14-,15+/m1/s1. The van der Waals surface area contributed by atoms with Crippen molar-refractivity contribution < 1.29 is 0 Å². The summed E-state index contributed by atoms with van der Waals surface area (Å²) >= 11 is 27.3. The lowest BCUT2D eigenvalue weighted by Crippen LogP contribution is -2.41. The number of halogens is 4. The lowest BCUT2D eigenvalue weighted by Gasteiger charge is -2.45. The number of alkyl halides is 4. The van der Waals surface area contributed by atoms with Crippen LogP contribution >= 0.6 is 46.4 Å². The molecule has 0 unspecified atom stereocenters. The lowest BCUT2D eigenvalue weighted by molar-refractivity contribution is 0.0278. The predicted octanol–water partition coefficient (Wildman–Crippen LogP) is 6.60. The molecule has 0 heterocycles. The maximum atomic E-state index is 6.92. The molecule has 0 radical (unpaired) electrons. The van der Waals surface area contributed by atoms with Gasteiger partial charge in [0.2, 0.25) is 0 Å². The molecule has 0 aromatic carbocycles. The zero-order valence-electron chi connectivity index (χ0n) is 13.2. The molecule has 4 fully saturated rings. The topological polar surface area (TPSA) is 0 Å². The van der Waals surface area contributed by atoms with E-state index in [1.54, 1.807) is 0 Å². The zero-order valence-corrected chi connectivity index (χ0v) is 16.2. The molecule has 0 amide bonds. The average Bonchev–Trinajstić information content (AvgIpc) is 2.97. The summed E-state index contributed by atoms with van der Waals surface area (Å²) in [7, 11) is 0. The molecule has 5 atom stereocenters. The normalized spacial score (nSPS) is 58.3. The Morgan fingerprint density at radius 1 is 0.762 bits per heavy atom. The Bertz CT molecular complexity index is 525. The van der Waals surface area contributed by atoms with Crippen LogP contribution in [0.15, 0.2) is 0 Å². The minimum absolute atomic E-state index is 0.00117. The van der Waals surface area contributed by atoms with E-state index in [1.165, 1.54) is 12.8 Å². The highest BCUT2D eigenvalue weighted by atomic mass is 35.5. The third kappa shape index (κ3) is 1.34. The minimum atomic E-state index is -0.615. The fourth-order valence-electron chi connectivity index (χ4n) is 6.73. The molecule has 120 valence electrons. The molecule has 4 aliphatic rings. The van der Waals surface area contributed by atoms with Crippen molar-refractivity contribution in [2.75, 3.05) is 0 Å². The molecule has 0 nitrogen and oxygen atoms in total. The van der Waals surface area contributed by atoms with Gasteiger partial charge in [-0.25, -0.2) is 0 Å². The van der Waals surface area contributed by atoms with Crippen LogP contribution in [0.5, 0.6) is 0 Å². The molecule has 0 aromatic rings. The minimum Gasteiger partial charge on any atom is -0.101 e. The Balaban J connectivity index is 1.89. The van der Waals surface area contributed by atoms with Gasteiger partial charge in [0.25, 0.3) is 0 Å². The predicted molar refractivity (Wildman–Crippen MR) is 91.4 cm³/mol. The van der Waals surface area contributed by atoms with Crippen LogP contribution in [0, 0.1) is 33.5 Å². The van der Waals surface area contributed by atoms with E-state index in [1.807, 2.05) is 0 Å². The zero-order chi connectivity index (χ0) is 15.7. The van der Waals surface area contributed by atoms with Crippen molar-refractivity contribution in [3.63, 3.8) is 0 Å². The first-order valence-electron chi connectivity index (χ1n) is 8.16. The van der Waals surface area contributed by atoms with Crippen LogP contribution in [-0.2, 0) is 0 Å². The van der Waals surface area contributed by atoms with Gasteiger partial charge >= 0.3 is 0 Å². The number of hydrogen-bond acceptors (Lipinski definition) is 0. The second kappa shape index (κ2) is 3.71. The Hall–Kier alpha value is 1.16. The van der Waals surface area contributed by atoms with Crippen LogP contribution < -0.4 is 0 Å². The monoisotopic (exact) mass is 368 g/mol. The van der Waals surface area contributed by atoms with E-state index in [4.69, 9.17) is 46.4 Å². The van der Waals surface area contributed by atoms with Gasteiger partial charge in [-0.1, -0.05) is 34.1 Å². The van der Waals surface area contributed by atoms with E-state index in [0.717, 1.165) is 19.3 Å². The third-order valence-electron chi connectivity index (χ3n) is 8.17.